The Bertz CT molecular complexity index is 888. The van der Waals surface area contributed by atoms with Gasteiger partial charge in [-0.05, 0) is 46.1 Å². The normalized spacial score (nSPS) is 11.0. The average molecular weight is 401 g/mol. The highest BCUT2D eigenvalue weighted by Crippen LogP contribution is 2.34. The molecule has 130 valence electrons. The Kier molecular flexibility index (Phi) is 5.43. The third-order valence-corrected chi connectivity index (χ3v) is 4.98. The summed E-state index contributed by atoms with van der Waals surface area (Å²) in [5.41, 5.74) is 8.61. The van der Waals surface area contributed by atoms with Crippen molar-refractivity contribution in [1.82, 2.24) is 4.57 Å². The first kappa shape index (κ1) is 17.5. The maximum atomic E-state index is 11.6. The molecule has 3 aromatic rings. The summed E-state index contributed by atoms with van der Waals surface area (Å²) >= 11 is 3.67. The van der Waals surface area contributed by atoms with Crippen LogP contribution in [0.1, 0.15) is 24.5 Å². The van der Waals surface area contributed by atoms with Crippen LogP contribution in [0.25, 0.3) is 10.9 Å². The largest absolute Gasteiger partial charge is 0.494 e. The van der Waals surface area contributed by atoms with Gasteiger partial charge < -0.3 is 15.0 Å². The van der Waals surface area contributed by atoms with Crippen molar-refractivity contribution in [3.63, 3.8) is 0 Å². The summed E-state index contributed by atoms with van der Waals surface area (Å²) in [6.45, 7) is 3.46. The topological polar surface area (TPSA) is 57.2 Å². The van der Waals surface area contributed by atoms with Gasteiger partial charge in [0.15, 0.2) is 0 Å². The van der Waals surface area contributed by atoms with Gasteiger partial charge in [-0.1, -0.05) is 37.3 Å². The molecule has 3 rings (SSSR count). The van der Waals surface area contributed by atoms with Crippen molar-refractivity contribution in [3.8, 4) is 5.75 Å². The highest BCUT2D eigenvalue weighted by molar-refractivity contribution is 9.10. The number of nitrogens with zero attached hydrogens (tertiary/aromatic N) is 1. The first-order valence-electron chi connectivity index (χ1n) is 8.35. The van der Waals surface area contributed by atoms with Crippen molar-refractivity contribution in [2.75, 3.05) is 6.61 Å². The summed E-state index contributed by atoms with van der Waals surface area (Å²) in [7, 11) is 0. The lowest BCUT2D eigenvalue weighted by molar-refractivity contribution is -0.117. The number of hydrogen-bond donors (Lipinski definition) is 1. The van der Waals surface area contributed by atoms with E-state index in [1.165, 1.54) is 5.56 Å². The van der Waals surface area contributed by atoms with E-state index in [1.807, 2.05) is 36.4 Å². The zero-order valence-corrected chi connectivity index (χ0v) is 15.8. The van der Waals surface area contributed by atoms with E-state index in [2.05, 4.69) is 39.6 Å². The molecule has 0 fully saturated rings. The number of primary amides is 1. The van der Waals surface area contributed by atoms with Crippen molar-refractivity contribution < 1.29 is 9.53 Å². The summed E-state index contributed by atoms with van der Waals surface area (Å²) in [5, 5.41) is 0.996. The molecule has 1 amide bonds. The van der Waals surface area contributed by atoms with Crippen LogP contribution in [0.4, 0.5) is 0 Å². The lowest BCUT2D eigenvalue weighted by Gasteiger charge is -2.09. The van der Waals surface area contributed by atoms with Gasteiger partial charge in [0.25, 0.3) is 0 Å². The van der Waals surface area contributed by atoms with Crippen molar-refractivity contribution >= 4 is 32.7 Å². The molecule has 0 radical (unpaired) electrons. The predicted molar refractivity (Wildman–Crippen MR) is 104 cm³/mol. The molecule has 0 spiro atoms. The van der Waals surface area contributed by atoms with E-state index in [9.17, 15) is 4.79 Å². The Labute approximate surface area is 155 Å². The maximum Gasteiger partial charge on any atom is 0.221 e. The molecule has 5 heteroatoms. The monoisotopic (exact) mass is 400 g/mol. The number of fused-ring (bicyclic) bond motifs is 1. The predicted octanol–water partition coefficient (Wildman–Crippen LogP) is 4.27. The van der Waals surface area contributed by atoms with Gasteiger partial charge in [-0.3, -0.25) is 4.79 Å². The van der Waals surface area contributed by atoms with Crippen LogP contribution < -0.4 is 10.5 Å². The molecule has 0 unspecified atom stereocenters. The average Bonchev–Trinajstić information content (AvgIpc) is 2.86. The van der Waals surface area contributed by atoms with E-state index in [1.54, 1.807) is 0 Å². The van der Waals surface area contributed by atoms with Crippen LogP contribution in [0.5, 0.6) is 5.75 Å². The van der Waals surface area contributed by atoms with Gasteiger partial charge in [0.1, 0.15) is 5.75 Å². The van der Waals surface area contributed by atoms with Crippen LogP contribution in [-0.4, -0.2) is 17.1 Å². The number of halogens is 1. The van der Waals surface area contributed by atoms with Gasteiger partial charge in [-0.25, -0.2) is 0 Å². The second kappa shape index (κ2) is 7.74. The summed E-state index contributed by atoms with van der Waals surface area (Å²) in [4.78, 5) is 11.6. The van der Waals surface area contributed by atoms with Gasteiger partial charge in [0.05, 0.1) is 17.6 Å². The SMILES string of the molecule is CCCOc1ccc2c(c1)c(CC(N)=O)c(Br)n2Cc1ccccc1. The Morgan fingerprint density at radius 1 is 1.20 bits per heavy atom. The molecule has 0 aliphatic heterocycles. The van der Waals surface area contributed by atoms with Crippen LogP contribution in [0.2, 0.25) is 0 Å². The summed E-state index contributed by atoms with van der Waals surface area (Å²) in [5.74, 6) is 0.462. The number of ether oxygens (including phenoxy) is 1. The summed E-state index contributed by atoms with van der Waals surface area (Å²) < 4.78 is 8.80. The fourth-order valence-corrected chi connectivity index (χ4v) is 3.61. The lowest BCUT2D eigenvalue weighted by atomic mass is 10.1. The van der Waals surface area contributed by atoms with Crippen molar-refractivity contribution in [2.45, 2.75) is 26.3 Å². The summed E-state index contributed by atoms with van der Waals surface area (Å²) in [6.07, 6.45) is 1.14. The second-order valence-electron chi connectivity index (χ2n) is 6.01. The van der Waals surface area contributed by atoms with Crippen molar-refractivity contribution in [1.29, 1.82) is 0 Å². The second-order valence-corrected chi connectivity index (χ2v) is 6.76. The van der Waals surface area contributed by atoms with Crippen LogP contribution >= 0.6 is 15.9 Å². The van der Waals surface area contributed by atoms with E-state index in [0.717, 1.165) is 33.2 Å². The minimum atomic E-state index is -0.348. The quantitative estimate of drug-likeness (QED) is 0.643. The molecule has 0 aliphatic carbocycles. The van der Waals surface area contributed by atoms with Gasteiger partial charge in [0.2, 0.25) is 5.91 Å². The minimum absolute atomic E-state index is 0.191. The number of aromatic nitrogens is 1. The molecule has 25 heavy (non-hydrogen) atoms. The third-order valence-electron chi connectivity index (χ3n) is 4.08. The molecule has 0 saturated carbocycles. The van der Waals surface area contributed by atoms with Crippen LogP contribution in [-0.2, 0) is 17.8 Å². The molecule has 0 bridgehead atoms. The molecule has 4 nitrogen and oxygen atoms in total. The number of amides is 1. The Balaban J connectivity index is 2.09. The molecular formula is C20H21BrN2O2. The highest BCUT2D eigenvalue weighted by atomic mass is 79.9. The van der Waals surface area contributed by atoms with E-state index in [4.69, 9.17) is 10.5 Å². The first-order valence-corrected chi connectivity index (χ1v) is 9.15. The molecule has 2 aromatic carbocycles. The smallest absolute Gasteiger partial charge is 0.221 e. The molecule has 1 aromatic heterocycles. The van der Waals surface area contributed by atoms with Gasteiger partial charge in [-0.2, -0.15) is 0 Å². The lowest BCUT2D eigenvalue weighted by Crippen LogP contribution is -2.14. The minimum Gasteiger partial charge on any atom is -0.494 e. The molecular weight excluding hydrogens is 380 g/mol. The Morgan fingerprint density at radius 3 is 2.64 bits per heavy atom. The van der Waals surface area contributed by atoms with E-state index in [0.29, 0.717) is 13.2 Å². The number of carbonyl (C=O) groups excluding carboxylic acids is 1. The first-order chi connectivity index (χ1) is 12.1. The fraction of sp³-hybridized carbons (Fsp3) is 0.250. The highest BCUT2D eigenvalue weighted by Gasteiger charge is 2.18. The van der Waals surface area contributed by atoms with E-state index < -0.39 is 0 Å². The number of hydrogen-bond acceptors (Lipinski definition) is 2. The van der Waals surface area contributed by atoms with Gasteiger partial charge in [-0.15, -0.1) is 0 Å². The van der Waals surface area contributed by atoms with Crippen LogP contribution in [0.3, 0.4) is 0 Å². The van der Waals surface area contributed by atoms with Gasteiger partial charge in [0, 0.05) is 23.0 Å². The fourth-order valence-electron chi connectivity index (χ4n) is 2.94. The van der Waals surface area contributed by atoms with Crippen molar-refractivity contribution in [3.05, 3.63) is 64.3 Å². The molecule has 0 atom stereocenters. The Hall–Kier alpha value is -2.27. The van der Waals surface area contributed by atoms with Gasteiger partial charge >= 0.3 is 0 Å². The molecule has 0 saturated heterocycles. The zero-order valence-electron chi connectivity index (χ0n) is 14.2. The number of rotatable bonds is 7. The maximum absolute atomic E-state index is 11.6. The number of carbonyl (C=O) groups is 1. The molecule has 2 N–H and O–H groups in total. The summed E-state index contributed by atoms with van der Waals surface area (Å²) in [6, 6.07) is 16.2. The van der Waals surface area contributed by atoms with Crippen LogP contribution in [0, 0.1) is 0 Å². The number of benzene rings is 2. The zero-order chi connectivity index (χ0) is 17.8. The van der Waals surface area contributed by atoms with Crippen LogP contribution in [0.15, 0.2) is 53.1 Å². The van der Waals surface area contributed by atoms with E-state index >= 15 is 0 Å². The van der Waals surface area contributed by atoms with E-state index in [-0.39, 0.29) is 12.3 Å². The Morgan fingerprint density at radius 2 is 1.96 bits per heavy atom. The molecule has 1 heterocycles. The standard InChI is InChI=1S/C20H21BrN2O2/c1-2-10-25-15-8-9-18-16(11-15)17(12-19(22)24)20(21)23(18)13-14-6-4-3-5-7-14/h3-9,11H,2,10,12-13H2,1H3,(H2,22,24). The molecule has 0 aliphatic rings. The third kappa shape index (κ3) is 3.87. The number of nitrogens with two attached hydrogens (primary N) is 1. The van der Waals surface area contributed by atoms with Crippen molar-refractivity contribution in [2.24, 2.45) is 5.73 Å².